The molecule has 1 aliphatic heterocycles. The smallest absolute Gasteiger partial charge is 0.251 e. The van der Waals surface area contributed by atoms with E-state index in [0.29, 0.717) is 18.5 Å². The Kier molecular flexibility index (Phi) is 7.02. The highest BCUT2D eigenvalue weighted by Gasteiger charge is 2.50. The van der Waals surface area contributed by atoms with Gasteiger partial charge in [-0.3, -0.25) is 9.59 Å². The predicted octanol–water partition coefficient (Wildman–Crippen LogP) is 5.03. The van der Waals surface area contributed by atoms with Crippen LogP contribution >= 0.6 is 0 Å². The molecule has 3 aromatic rings. The molecule has 1 heterocycles. The second-order valence-corrected chi connectivity index (χ2v) is 10.2. The van der Waals surface area contributed by atoms with Gasteiger partial charge in [0.1, 0.15) is 5.78 Å². The molecular weight excluding hydrogens is 464 g/mol. The van der Waals surface area contributed by atoms with Crippen LogP contribution in [0.4, 0.5) is 0 Å². The highest BCUT2D eigenvalue weighted by atomic mass is 16.7. The van der Waals surface area contributed by atoms with E-state index in [9.17, 15) is 9.59 Å². The molecule has 194 valence electrons. The Hall–Kier alpha value is -3.64. The fourth-order valence-electron chi connectivity index (χ4n) is 5.01. The Morgan fingerprint density at radius 3 is 2.43 bits per heavy atom. The SMILES string of the molecule is CCc1ccc(CC(=O)C2(c3ccc4c(c3)OCO4)CC2)cc1-c1ccc(C(=O)NCCN(C)C)cc1.[HH]. The number of hydrogen-bond acceptors (Lipinski definition) is 5. The summed E-state index contributed by atoms with van der Waals surface area (Å²) < 4.78 is 11.0. The zero-order chi connectivity index (χ0) is 26.0. The summed E-state index contributed by atoms with van der Waals surface area (Å²) in [7, 11) is 3.96. The first-order valence-corrected chi connectivity index (χ1v) is 13.0. The highest BCUT2D eigenvalue weighted by molar-refractivity contribution is 5.96. The van der Waals surface area contributed by atoms with E-state index in [1.165, 1.54) is 5.56 Å². The maximum Gasteiger partial charge on any atom is 0.251 e. The lowest BCUT2D eigenvalue weighted by Crippen LogP contribution is -2.31. The molecule has 1 saturated carbocycles. The molecule has 6 nitrogen and oxygen atoms in total. The predicted molar refractivity (Wildman–Crippen MR) is 146 cm³/mol. The van der Waals surface area contributed by atoms with Crippen LogP contribution in [-0.4, -0.2) is 50.6 Å². The number of Topliss-reactive ketones (excluding diaryl/α,β-unsaturated/α-hetero) is 1. The second kappa shape index (κ2) is 10.4. The number of amides is 1. The molecule has 6 heteroatoms. The van der Waals surface area contributed by atoms with E-state index < -0.39 is 5.41 Å². The Balaban J connectivity index is 0.00000336. The van der Waals surface area contributed by atoms with E-state index in [0.717, 1.165) is 59.6 Å². The Bertz CT molecular complexity index is 1320. The molecule has 1 aliphatic carbocycles. The van der Waals surface area contributed by atoms with Crippen molar-refractivity contribution in [2.75, 3.05) is 34.0 Å². The number of carbonyl (C=O) groups is 2. The average molecular weight is 501 g/mol. The summed E-state index contributed by atoms with van der Waals surface area (Å²) in [5.74, 6) is 1.64. The highest BCUT2D eigenvalue weighted by Crippen LogP contribution is 2.51. The Labute approximate surface area is 220 Å². The maximum absolute atomic E-state index is 13.5. The van der Waals surface area contributed by atoms with Crippen molar-refractivity contribution in [2.24, 2.45) is 0 Å². The third-order valence-electron chi connectivity index (χ3n) is 7.43. The largest absolute Gasteiger partial charge is 0.454 e. The van der Waals surface area contributed by atoms with Crippen molar-refractivity contribution in [1.29, 1.82) is 0 Å². The van der Waals surface area contributed by atoms with Gasteiger partial charge >= 0.3 is 0 Å². The number of nitrogens with one attached hydrogen (secondary N) is 1. The van der Waals surface area contributed by atoms with E-state index >= 15 is 0 Å². The molecule has 2 aliphatic rings. The molecule has 0 bridgehead atoms. The van der Waals surface area contributed by atoms with Gasteiger partial charge in [-0.25, -0.2) is 0 Å². The number of likely N-dealkylation sites (N-methyl/N-ethyl adjacent to an activating group) is 1. The van der Waals surface area contributed by atoms with Gasteiger partial charge in [-0.1, -0.05) is 43.3 Å². The molecule has 1 fully saturated rings. The van der Waals surface area contributed by atoms with E-state index in [-0.39, 0.29) is 19.9 Å². The molecule has 0 spiro atoms. The zero-order valence-corrected chi connectivity index (χ0v) is 21.8. The minimum absolute atomic E-state index is 0. The van der Waals surface area contributed by atoms with Crippen LogP contribution in [0.15, 0.2) is 60.7 Å². The molecule has 0 unspecified atom stereocenters. The summed E-state index contributed by atoms with van der Waals surface area (Å²) in [6, 6.07) is 19.9. The number of ketones is 1. The standard InChI is InChI=1S/C31H34N2O4.H2/c1-4-22-6-5-21(17-26(22)23-7-9-24(10-8-23)30(35)32-15-16-33(2)3)18-29(34)31(13-14-31)25-11-12-27-28(19-25)37-20-36-27;/h5-12,17,19H,4,13-16,18,20H2,1-3H3,(H,32,35);1H. The average Bonchev–Trinajstić information content (AvgIpc) is 3.59. The molecule has 0 radical (unpaired) electrons. The van der Waals surface area contributed by atoms with Gasteiger partial charge in [-0.05, 0) is 85.4 Å². The lowest BCUT2D eigenvalue weighted by atomic mass is 9.86. The summed E-state index contributed by atoms with van der Waals surface area (Å²) >= 11 is 0. The first kappa shape index (κ1) is 25.0. The number of fused-ring (bicyclic) bond motifs is 1. The van der Waals surface area contributed by atoms with Crippen molar-refractivity contribution in [3.05, 3.63) is 82.9 Å². The van der Waals surface area contributed by atoms with Crippen molar-refractivity contribution in [2.45, 2.75) is 38.0 Å². The number of nitrogens with zero attached hydrogens (tertiary/aromatic N) is 1. The normalized spacial score (nSPS) is 15.0. The topological polar surface area (TPSA) is 67.9 Å². The van der Waals surface area contributed by atoms with Gasteiger partial charge in [0.25, 0.3) is 5.91 Å². The van der Waals surface area contributed by atoms with Gasteiger partial charge in [0.15, 0.2) is 11.5 Å². The van der Waals surface area contributed by atoms with Crippen LogP contribution in [-0.2, 0) is 23.1 Å². The molecule has 37 heavy (non-hydrogen) atoms. The molecule has 0 atom stereocenters. The Morgan fingerprint density at radius 2 is 1.73 bits per heavy atom. The number of ether oxygens (including phenoxy) is 2. The van der Waals surface area contributed by atoms with Gasteiger partial charge in [0, 0.05) is 26.5 Å². The van der Waals surface area contributed by atoms with Crippen LogP contribution < -0.4 is 14.8 Å². The first-order valence-electron chi connectivity index (χ1n) is 13.0. The van der Waals surface area contributed by atoms with Crippen molar-refractivity contribution in [3.8, 4) is 22.6 Å². The minimum atomic E-state index is -0.424. The van der Waals surface area contributed by atoms with Crippen LogP contribution in [0.2, 0.25) is 0 Å². The van der Waals surface area contributed by atoms with Crippen molar-refractivity contribution >= 4 is 11.7 Å². The van der Waals surface area contributed by atoms with Crippen molar-refractivity contribution in [1.82, 2.24) is 10.2 Å². The lowest BCUT2D eigenvalue weighted by molar-refractivity contribution is -0.120. The zero-order valence-electron chi connectivity index (χ0n) is 21.8. The molecular formula is C31H36N2O4. The number of benzene rings is 3. The third kappa shape index (κ3) is 5.25. The van der Waals surface area contributed by atoms with E-state index in [1.807, 2.05) is 61.5 Å². The van der Waals surface area contributed by atoms with Crippen LogP contribution in [0.5, 0.6) is 11.5 Å². The minimum Gasteiger partial charge on any atom is -0.454 e. The summed E-state index contributed by atoms with van der Waals surface area (Å²) in [4.78, 5) is 28.0. The molecule has 5 rings (SSSR count). The third-order valence-corrected chi connectivity index (χ3v) is 7.43. The van der Waals surface area contributed by atoms with Crippen LogP contribution in [0.1, 0.15) is 48.2 Å². The molecule has 0 saturated heterocycles. The van der Waals surface area contributed by atoms with Gasteiger partial charge in [-0.2, -0.15) is 0 Å². The van der Waals surface area contributed by atoms with Crippen LogP contribution in [0.25, 0.3) is 11.1 Å². The second-order valence-electron chi connectivity index (χ2n) is 10.2. The van der Waals surface area contributed by atoms with Gasteiger partial charge in [-0.15, -0.1) is 0 Å². The van der Waals surface area contributed by atoms with E-state index in [4.69, 9.17) is 9.47 Å². The number of hydrogen-bond donors (Lipinski definition) is 1. The van der Waals surface area contributed by atoms with E-state index in [2.05, 4.69) is 30.4 Å². The first-order chi connectivity index (χ1) is 17.9. The quantitative estimate of drug-likeness (QED) is 0.423. The lowest BCUT2D eigenvalue weighted by Gasteiger charge is -2.17. The maximum atomic E-state index is 13.5. The van der Waals surface area contributed by atoms with Crippen LogP contribution in [0, 0.1) is 0 Å². The fourth-order valence-corrected chi connectivity index (χ4v) is 5.01. The summed E-state index contributed by atoms with van der Waals surface area (Å²) in [5, 5.41) is 2.96. The number of rotatable bonds is 10. The van der Waals surface area contributed by atoms with Crippen molar-refractivity contribution < 1.29 is 20.5 Å². The van der Waals surface area contributed by atoms with Crippen LogP contribution in [0.3, 0.4) is 0 Å². The fraction of sp³-hybridized carbons (Fsp3) is 0.355. The molecule has 1 N–H and O–H groups in total. The van der Waals surface area contributed by atoms with Crippen molar-refractivity contribution in [3.63, 3.8) is 0 Å². The van der Waals surface area contributed by atoms with Gasteiger partial charge in [0.2, 0.25) is 6.79 Å². The molecule has 0 aromatic heterocycles. The Morgan fingerprint density at radius 1 is 0.973 bits per heavy atom. The summed E-state index contributed by atoms with van der Waals surface area (Å²) in [5.41, 5.74) is 5.63. The monoisotopic (exact) mass is 500 g/mol. The number of aryl methyl sites for hydroxylation is 1. The molecule has 1 amide bonds. The van der Waals surface area contributed by atoms with Gasteiger partial charge in [0.05, 0.1) is 5.41 Å². The molecule has 3 aromatic carbocycles. The number of carbonyl (C=O) groups excluding carboxylic acids is 2. The van der Waals surface area contributed by atoms with Gasteiger partial charge < -0.3 is 19.7 Å². The summed E-state index contributed by atoms with van der Waals surface area (Å²) in [6.07, 6.45) is 3.00. The van der Waals surface area contributed by atoms with E-state index in [1.54, 1.807) is 0 Å². The summed E-state index contributed by atoms with van der Waals surface area (Å²) in [6.45, 7) is 3.77.